The van der Waals surface area contributed by atoms with Gasteiger partial charge in [-0.05, 0) is 37.1 Å². The van der Waals surface area contributed by atoms with Crippen molar-refractivity contribution in [3.63, 3.8) is 0 Å². The fourth-order valence-corrected chi connectivity index (χ4v) is 4.02. The van der Waals surface area contributed by atoms with Crippen LogP contribution in [-0.2, 0) is 0 Å². The molecule has 0 aliphatic carbocycles. The topological polar surface area (TPSA) is 64.5 Å². The van der Waals surface area contributed by atoms with E-state index in [1.807, 2.05) is 17.0 Å². The minimum Gasteiger partial charge on any atom is -0.490 e. The summed E-state index contributed by atoms with van der Waals surface area (Å²) in [4.78, 5) is 23.3. The van der Waals surface area contributed by atoms with Crippen LogP contribution in [0, 0.1) is 0 Å². The van der Waals surface area contributed by atoms with Crippen LogP contribution in [0.15, 0.2) is 42.9 Å². The number of carbonyl (C=O) groups excluding carboxylic acids is 1. The molecule has 2 unspecified atom stereocenters. The zero-order valence-electron chi connectivity index (χ0n) is 14.2. The van der Waals surface area contributed by atoms with Crippen LogP contribution < -0.4 is 9.47 Å². The molecule has 2 bridgehead atoms. The third kappa shape index (κ3) is 3.04. The van der Waals surface area contributed by atoms with Crippen molar-refractivity contribution in [3.05, 3.63) is 48.4 Å². The summed E-state index contributed by atoms with van der Waals surface area (Å²) in [7, 11) is 1.54. The molecule has 0 saturated carbocycles. The zero-order chi connectivity index (χ0) is 17.2. The van der Waals surface area contributed by atoms with Crippen molar-refractivity contribution in [1.29, 1.82) is 0 Å². The SMILES string of the molecule is COc1ncccc1C(=O)N1C2CCC1CC(Oc1ccncc1)C2. The van der Waals surface area contributed by atoms with Crippen molar-refractivity contribution in [2.45, 2.75) is 43.9 Å². The molecular formula is C19H21N3O3. The maximum absolute atomic E-state index is 13.1. The van der Waals surface area contributed by atoms with Crippen LogP contribution in [-0.4, -0.2) is 46.1 Å². The lowest BCUT2D eigenvalue weighted by Crippen LogP contribution is -2.49. The molecule has 2 atom stereocenters. The van der Waals surface area contributed by atoms with E-state index in [1.54, 1.807) is 37.8 Å². The predicted octanol–water partition coefficient (Wildman–Crippen LogP) is 2.70. The van der Waals surface area contributed by atoms with E-state index in [-0.39, 0.29) is 24.1 Å². The fraction of sp³-hybridized carbons (Fsp3) is 0.421. The van der Waals surface area contributed by atoms with Crippen molar-refractivity contribution in [3.8, 4) is 11.6 Å². The molecule has 130 valence electrons. The summed E-state index contributed by atoms with van der Waals surface area (Å²) >= 11 is 0. The van der Waals surface area contributed by atoms with Gasteiger partial charge in [-0.15, -0.1) is 0 Å². The molecular weight excluding hydrogens is 318 g/mol. The van der Waals surface area contributed by atoms with E-state index in [0.29, 0.717) is 11.4 Å². The molecule has 4 rings (SSSR count). The molecule has 2 aromatic heterocycles. The first-order valence-corrected chi connectivity index (χ1v) is 8.64. The lowest BCUT2D eigenvalue weighted by atomic mass is 9.98. The third-order valence-corrected chi connectivity index (χ3v) is 5.07. The van der Waals surface area contributed by atoms with Crippen LogP contribution in [0.2, 0.25) is 0 Å². The van der Waals surface area contributed by atoms with Gasteiger partial charge < -0.3 is 14.4 Å². The first-order valence-electron chi connectivity index (χ1n) is 8.64. The Balaban J connectivity index is 1.50. The van der Waals surface area contributed by atoms with Crippen molar-refractivity contribution in [2.24, 2.45) is 0 Å². The summed E-state index contributed by atoms with van der Waals surface area (Å²) in [6.45, 7) is 0. The van der Waals surface area contributed by atoms with Gasteiger partial charge in [0.25, 0.3) is 5.91 Å². The Labute approximate surface area is 146 Å². The van der Waals surface area contributed by atoms with Crippen molar-refractivity contribution < 1.29 is 14.3 Å². The van der Waals surface area contributed by atoms with E-state index < -0.39 is 0 Å². The van der Waals surface area contributed by atoms with E-state index >= 15 is 0 Å². The molecule has 0 spiro atoms. The number of fused-ring (bicyclic) bond motifs is 2. The van der Waals surface area contributed by atoms with Gasteiger partial charge in [-0.1, -0.05) is 0 Å². The van der Waals surface area contributed by atoms with E-state index in [9.17, 15) is 4.79 Å². The molecule has 0 aromatic carbocycles. The Hall–Kier alpha value is -2.63. The van der Waals surface area contributed by atoms with E-state index in [4.69, 9.17) is 9.47 Å². The smallest absolute Gasteiger partial charge is 0.259 e. The van der Waals surface area contributed by atoms with Gasteiger partial charge in [0.15, 0.2) is 0 Å². The summed E-state index contributed by atoms with van der Waals surface area (Å²) in [6.07, 6.45) is 9.00. The highest BCUT2D eigenvalue weighted by Gasteiger charge is 2.44. The Bertz CT molecular complexity index is 739. The molecule has 25 heavy (non-hydrogen) atoms. The Morgan fingerprint density at radius 2 is 1.84 bits per heavy atom. The number of hydrogen-bond donors (Lipinski definition) is 0. The van der Waals surface area contributed by atoms with Gasteiger partial charge in [-0.3, -0.25) is 9.78 Å². The van der Waals surface area contributed by atoms with Crippen LogP contribution in [0.4, 0.5) is 0 Å². The first-order chi connectivity index (χ1) is 12.3. The molecule has 2 aliphatic heterocycles. The molecule has 2 aliphatic rings. The third-order valence-electron chi connectivity index (χ3n) is 5.07. The van der Waals surface area contributed by atoms with Crippen LogP contribution in [0.1, 0.15) is 36.0 Å². The first kappa shape index (κ1) is 15.9. The zero-order valence-corrected chi connectivity index (χ0v) is 14.2. The molecule has 2 aromatic rings. The van der Waals surface area contributed by atoms with Gasteiger partial charge in [-0.2, -0.15) is 0 Å². The maximum Gasteiger partial charge on any atom is 0.259 e. The summed E-state index contributed by atoms with van der Waals surface area (Å²) in [5, 5.41) is 0. The number of piperidine rings is 1. The Kier molecular flexibility index (Phi) is 4.26. The van der Waals surface area contributed by atoms with Crippen LogP contribution >= 0.6 is 0 Å². The normalized spacial score (nSPS) is 24.8. The average molecular weight is 339 g/mol. The van der Waals surface area contributed by atoms with Crippen LogP contribution in [0.25, 0.3) is 0 Å². The molecule has 4 heterocycles. The molecule has 2 saturated heterocycles. The Morgan fingerprint density at radius 1 is 1.12 bits per heavy atom. The molecule has 1 amide bonds. The summed E-state index contributed by atoms with van der Waals surface area (Å²) in [5.41, 5.74) is 0.537. The van der Waals surface area contributed by atoms with Gasteiger partial charge in [-0.25, -0.2) is 4.98 Å². The predicted molar refractivity (Wildman–Crippen MR) is 91.7 cm³/mol. The van der Waals surface area contributed by atoms with Crippen molar-refractivity contribution >= 4 is 5.91 Å². The van der Waals surface area contributed by atoms with Crippen molar-refractivity contribution in [2.75, 3.05) is 7.11 Å². The van der Waals surface area contributed by atoms with Gasteiger partial charge in [0.2, 0.25) is 5.88 Å². The van der Waals surface area contributed by atoms with E-state index in [1.165, 1.54) is 0 Å². The number of nitrogens with zero attached hydrogens (tertiary/aromatic N) is 3. The summed E-state index contributed by atoms with van der Waals surface area (Å²) in [5.74, 6) is 1.25. The molecule has 2 fully saturated rings. The number of aromatic nitrogens is 2. The van der Waals surface area contributed by atoms with Gasteiger partial charge in [0, 0.05) is 43.5 Å². The van der Waals surface area contributed by atoms with E-state index in [2.05, 4.69) is 9.97 Å². The average Bonchev–Trinajstić information content (AvgIpc) is 2.92. The van der Waals surface area contributed by atoms with Gasteiger partial charge in [0.05, 0.1) is 7.11 Å². The lowest BCUT2D eigenvalue weighted by molar-refractivity contribution is 0.0356. The lowest BCUT2D eigenvalue weighted by Gasteiger charge is -2.39. The molecule has 6 heteroatoms. The summed E-state index contributed by atoms with van der Waals surface area (Å²) in [6, 6.07) is 7.73. The summed E-state index contributed by atoms with van der Waals surface area (Å²) < 4.78 is 11.4. The minimum atomic E-state index is 0.0137. The molecule has 6 nitrogen and oxygen atoms in total. The quantitative estimate of drug-likeness (QED) is 0.857. The second-order valence-corrected chi connectivity index (χ2v) is 6.55. The molecule has 0 N–H and O–H groups in total. The van der Waals surface area contributed by atoms with E-state index in [0.717, 1.165) is 31.4 Å². The van der Waals surface area contributed by atoms with Crippen LogP contribution in [0.5, 0.6) is 11.6 Å². The number of pyridine rings is 2. The maximum atomic E-state index is 13.1. The van der Waals surface area contributed by atoms with Gasteiger partial charge in [0.1, 0.15) is 17.4 Å². The highest BCUT2D eigenvalue weighted by Crippen LogP contribution is 2.38. The largest absolute Gasteiger partial charge is 0.490 e. The fourth-order valence-electron chi connectivity index (χ4n) is 4.02. The van der Waals surface area contributed by atoms with Gasteiger partial charge >= 0.3 is 0 Å². The minimum absolute atomic E-state index is 0.0137. The number of ether oxygens (including phenoxy) is 2. The second kappa shape index (κ2) is 6.70. The number of methoxy groups -OCH3 is 1. The standard InChI is InChI=1S/C19H21N3O3/c1-24-18-17(3-2-8-21-18)19(23)22-13-4-5-14(22)12-16(11-13)25-15-6-9-20-10-7-15/h2-3,6-10,13-14,16H,4-5,11-12H2,1H3. The number of rotatable bonds is 4. The second-order valence-electron chi connectivity index (χ2n) is 6.55. The van der Waals surface area contributed by atoms with Crippen LogP contribution in [0.3, 0.4) is 0 Å². The number of amides is 1. The molecule has 0 radical (unpaired) electrons. The highest BCUT2D eigenvalue weighted by molar-refractivity contribution is 5.97. The van der Waals surface area contributed by atoms with Crippen molar-refractivity contribution in [1.82, 2.24) is 14.9 Å². The monoisotopic (exact) mass is 339 g/mol. The highest BCUT2D eigenvalue weighted by atomic mass is 16.5. The number of hydrogen-bond acceptors (Lipinski definition) is 5. The Morgan fingerprint density at radius 3 is 2.52 bits per heavy atom. The number of carbonyl (C=O) groups is 1.